The lowest BCUT2D eigenvalue weighted by molar-refractivity contribution is 0.947. The van der Waals surface area contributed by atoms with E-state index in [1.807, 2.05) is 49.3 Å². The molecular weight excluding hydrogens is 338 g/mol. The van der Waals surface area contributed by atoms with Crippen LogP contribution in [0.1, 0.15) is 10.4 Å². The van der Waals surface area contributed by atoms with Gasteiger partial charge in [-0.05, 0) is 35.7 Å². The number of rotatable bonds is 1. The number of benzene rings is 1. The second-order valence-corrected chi connectivity index (χ2v) is 7.06. The topological polar surface area (TPSA) is 29.9 Å². The number of anilines is 1. The van der Waals surface area contributed by atoms with Crippen molar-refractivity contribution in [1.82, 2.24) is 9.55 Å². The second-order valence-electron chi connectivity index (χ2n) is 5.54. The summed E-state index contributed by atoms with van der Waals surface area (Å²) in [6.07, 6.45) is 3.85. The molecule has 3 nitrogen and oxygen atoms in total. The number of hydrogen-bond donors (Lipinski definition) is 1. The first-order chi connectivity index (χ1) is 11.6. The zero-order valence-electron chi connectivity index (χ0n) is 13.2. The van der Waals surface area contributed by atoms with Crippen molar-refractivity contribution < 1.29 is 0 Å². The van der Waals surface area contributed by atoms with Crippen LogP contribution in [0.2, 0.25) is 5.02 Å². The highest BCUT2D eigenvalue weighted by atomic mass is 35.5. The van der Waals surface area contributed by atoms with Crippen LogP contribution >= 0.6 is 22.9 Å². The van der Waals surface area contributed by atoms with Gasteiger partial charge >= 0.3 is 0 Å². The molecule has 1 N–H and O–H groups in total. The molecule has 3 aromatic heterocycles. The standard InChI is InChI=1S/C19H14ClN3S/c1-21-15-9-17-12(11-23(2)19(17)22-10-15)3-5-16-8-13-7-14(20)4-6-18(13)24-16/h4,6-11,21H,1-2H3. The third-order valence-electron chi connectivity index (χ3n) is 3.90. The first kappa shape index (κ1) is 15.1. The summed E-state index contributed by atoms with van der Waals surface area (Å²) in [5.41, 5.74) is 2.89. The Hall–Kier alpha value is -2.48. The Balaban J connectivity index is 1.80. The SMILES string of the molecule is CNc1cnc2c(c1)c(C#Cc1cc3cc(Cl)ccc3s1)cn2C. The maximum absolute atomic E-state index is 6.05. The lowest BCUT2D eigenvalue weighted by Crippen LogP contribution is -1.91. The summed E-state index contributed by atoms with van der Waals surface area (Å²) in [6.45, 7) is 0. The van der Waals surface area contributed by atoms with E-state index in [0.717, 1.165) is 37.6 Å². The van der Waals surface area contributed by atoms with Gasteiger partial charge in [-0.15, -0.1) is 11.3 Å². The molecule has 0 saturated heterocycles. The maximum Gasteiger partial charge on any atom is 0.141 e. The van der Waals surface area contributed by atoms with Gasteiger partial charge in [0.2, 0.25) is 0 Å². The number of fused-ring (bicyclic) bond motifs is 2. The minimum absolute atomic E-state index is 0.750. The number of nitrogens with one attached hydrogen (secondary N) is 1. The largest absolute Gasteiger partial charge is 0.387 e. The van der Waals surface area contributed by atoms with Gasteiger partial charge in [-0.25, -0.2) is 4.98 Å². The van der Waals surface area contributed by atoms with E-state index in [2.05, 4.69) is 34.3 Å². The highest BCUT2D eigenvalue weighted by molar-refractivity contribution is 7.19. The molecule has 0 amide bonds. The Labute approximate surface area is 148 Å². The van der Waals surface area contributed by atoms with Crippen LogP contribution in [-0.2, 0) is 7.05 Å². The zero-order valence-corrected chi connectivity index (χ0v) is 14.8. The third kappa shape index (κ3) is 2.62. The van der Waals surface area contributed by atoms with Gasteiger partial charge in [-0.3, -0.25) is 0 Å². The van der Waals surface area contributed by atoms with Crippen LogP contribution in [0.25, 0.3) is 21.1 Å². The van der Waals surface area contributed by atoms with Gasteiger partial charge in [0.05, 0.1) is 22.3 Å². The van der Waals surface area contributed by atoms with E-state index in [-0.39, 0.29) is 0 Å². The van der Waals surface area contributed by atoms with E-state index in [0.29, 0.717) is 0 Å². The molecule has 4 aromatic rings. The highest BCUT2D eigenvalue weighted by Crippen LogP contribution is 2.28. The smallest absolute Gasteiger partial charge is 0.141 e. The Morgan fingerprint density at radius 1 is 1.21 bits per heavy atom. The fraction of sp³-hybridized carbons (Fsp3) is 0.105. The van der Waals surface area contributed by atoms with E-state index in [1.165, 1.54) is 4.70 Å². The van der Waals surface area contributed by atoms with Crippen LogP contribution in [0, 0.1) is 11.8 Å². The predicted molar refractivity (Wildman–Crippen MR) is 103 cm³/mol. The molecule has 0 fully saturated rings. The predicted octanol–water partition coefficient (Wildman–Crippen LogP) is 4.88. The molecule has 3 heterocycles. The molecule has 5 heteroatoms. The molecule has 0 aliphatic heterocycles. The van der Waals surface area contributed by atoms with Crippen molar-refractivity contribution in [2.24, 2.45) is 7.05 Å². The van der Waals surface area contributed by atoms with Crippen molar-refractivity contribution >= 4 is 49.7 Å². The number of aromatic nitrogens is 2. The lowest BCUT2D eigenvalue weighted by atomic mass is 10.2. The fourth-order valence-corrected chi connectivity index (χ4v) is 3.78. The van der Waals surface area contributed by atoms with Crippen molar-refractivity contribution in [2.75, 3.05) is 12.4 Å². The molecule has 0 bridgehead atoms. The minimum atomic E-state index is 0.750. The minimum Gasteiger partial charge on any atom is -0.387 e. The van der Waals surface area contributed by atoms with E-state index < -0.39 is 0 Å². The molecule has 0 radical (unpaired) electrons. The number of halogens is 1. The number of thiophene rings is 1. The van der Waals surface area contributed by atoms with Gasteiger partial charge in [0.15, 0.2) is 0 Å². The molecule has 24 heavy (non-hydrogen) atoms. The van der Waals surface area contributed by atoms with Crippen LogP contribution < -0.4 is 5.32 Å². The van der Waals surface area contributed by atoms with E-state index in [1.54, 1.807) is 11.3 Å². The Kier molecular flexibility index (Phi) is 3.68. The average Bonchev–Trinajstić information content (AvgIpc) is 3.13. The van der Waals surface area contributed by atoms with Gasteiger partial charge < -0.3 is 9.88 Å². The van der Waals surface area contributed by atoms with Gasteiger partial charge in [0, 0.05) is 35.4 Å². The summed E-state index contributed by atoms with van der Waals surface area (Å²) in [7, 11) is 3.88. The van der Waals surface area contributed by atoms with Crippen molar-refractivity contribution in [3.63, 3.8) is 0 Å². The molecular formula is C19H14ClN3S. The van der Waals surface area contributed by atoms with E-state index in [9.17, 15) is 0 Å². The molecule has 0 aliphatic rings. The fourth-order valence-electron chi connectivity index (χ4n) is 2.70. The Morgan fingerprint density at radius 3 is 2.92 bits per heavy atom. The van der Waals surface area contributed by atoms with Crippen LogP contribution in [0.3, 0.4) is 0 Å². The van der Waals surface area contributed by atoms with Crippen LogP contribution in [-0.4, -0.2) is 16.6 Å². The summed E-state index contributed by atoms with van der Waals surface area (Å²) < 4.78 is 3.20. The van der Waals surface area contributed by atoms with Gasteiger partial charge in [-0.2, -0.15) is 0 Å². The Bertz CT molecular complexity index is 1130. The van der Waals surface area contributed by atoms with Gasteiger partial charge in [0.1, 0.15) is 5.65 Å². The average molecular weight is 352 g/mol. The molecule has 1 aromatic carbocycles. The normalized spacial score (nSPS) is 10.8. The van der Waals surface area contributed by atoms with Crippen molar-refractivity contribution in [2.45, 2.75) is 0 Å². The molecule has 0 saturated carbocycles. The zero-order chi connectivity index (χ0) is 16.7. The molecule has 4 rings (SSSR count). The quantitative estimate of drug-likeness (QED) is 0.495. The summed E-state index contributed by atoms with van der Waals surface area (Å²) >= 11 is 7.73. The molecule has 0 aliphatic carbocycles. The summed E-state index contributed by atoms with van der Waals surface area (Å²) in [6, 6.07) is 10.1. The molecule has 0 atom stereocenters. The van der Waals surface area contributed by atoms with E-state index in [4.69, 9.17) is 11.6 Å². The first-order valence-electron chi connectivity index (χ1n) is 7.48. The molecule has 0 spiro atoms. The Morgan fingerprint density at radius 2 is 2.08 bits per heavy atom. The summed E-state index contributed by atoms with van der Waals surface area (Å²) in [5, 5.41) is 6.06. The number of aryl methyl sites for hydroxylation is 1. The van der Waals surface area contributed by atoms with Crippen molar-refractivity contribution in [3.8, 4) is 11.8 Å². The summed E-state index contributed by atoms with van der Waals surface area (Å²) in [4.78, 5) is 5.52. The van der Waals surface area contributed by atoms with Gasteiger partial charge in [-0.1, -0.05) is 23.4 Å². The number of nitrogens with zero attached hydrogens (tertiary/aromatic N) is 2. The highest BCUT2D eigenvalue weighted by Gasteiger charge is 2.07. The summed E-state index contributed by atoms with van der Waals surface area (Å²) in [5.74, 6) is 6.57. The van der Waals surface area contributed by atoms with Crippen LogP contribution in [0.5, 0.6) is 0 Å². The van der Waals surface area contributed by atoms with Gasteiger partial charge in [0.25, 0.3) is 0 Å². The maximum atomic E-state index is 6.05. The van der Waals surface area contributed by atoms with Crippen molar-refractivity contribution in [1.29, 1.82) is 0 Å². The van der Waals surface area contributed by atoms with E-state index >= 15 is 0 Å². The van der Waals surface area contributed by atoms with Crippen LogP contribution in [0.15, 0.2) is 42.7 Å². The lowest BCUT2D eigenvalue weighted by Gasteiger charge is -1.99. The number of pyridine rings is 1. The molecule has 118 valence electrons. The first-order valence-corrected chi connectivity index (χ1v) is 8.67. The second kappa shape index (κ2) is 5.86. The molecule has 0 unspecified atom stereocenters. The monoisotopic (exact) mass is 351 g/mol. The number of hydrogen-bond acceptors (Lipinski definition) is 3. The third-order valence-corrected chi connectivity index (χ3v) is 5.17. The van der Waals surface area contributed by atoms with Crippen LogP contribution in [0.4, 0.5) is 5.69 Å². The van der Waals surface area contributed by atoms with Crippen molar-refractivity contribution in [3.05, 3.63) is 58.2 Å².